The molecule has 0 saturated carbocycles. The molecule has 2 aromatic rings. The molecule has 1 N–H and O–H groups in total. The van der Waals surface area contributed by atoms with E-state index >= 15 is 0 Å². The first-order valence-electron chi connectivity index (χ1n) is 6.25. The minimum Gasteiger partial charge on any atom is -0.444 e. The van der Waals surface area contributed by atoms with Crippen LogP contribution in [0.3, 0.4) is 0 Å². The summed E-state index contributed by atoms with van der Waals surface area (Å²) in [5.41, 5.74) is 0.345. The normalized spacial score (nSPS) is 11.4. The van der Waals surface area contributed by atoms with Crippen LogP contribution in [0.2, 0.25) is 0 Å². The van der Waals surface area contributed by atoms with Gasteiger partial charge in [0.1, 0.15) is 16.3 Å². The van der Waals surface area contributed by atoms with E-state index in [1.165, 1.54) is 11.3 Å². The average Bonchev–Trinajstić information content (AvgIpc) is 2.92. The molecule has 0 spiro atoms. The van der Waals surface area contributed by atoms with Crippen LogP contribution >= 0.6 is 11.3 Å². The maximum absolute atomic E-state index is 11.5. The molecule has 2 rings (SSSR count). The standard InChI is InChI=1S/C13H18N4O2S/c1-13(2,3)19-12(18)15-8-9-7-14-11(20-9)10-5-6-17(4)16-10/h5-7H,8H2,1-4H3,(H,15,18). The first-order valence-corrected chi connectivity index (χ1v) is 7.07. The number of nitrogens with one attached hydrogen (secondary N) is 1. The Hall–Kier alpha value is -1.89. The number of carbonyl (C=O) groups excluding carboxylic acids is 1. The van der Waals surface area contributed by atoms with Crippen LogP contribution in [0.15, 0.2) is 18.5 Å². The number of hydrogen-bond acceptors (Lipinski definition) is 5. The Morgan fingerprint density at radius 3 is 2.85 bits per heavy atom. The van der Waals surface area contributed by atoms with Crippen LogP contribution in [0, 0.1) is 0 Å². The third-order valence-corrected chi connectivity index (χ3v) is 3.31. The first kappa shape index (κ1) is 14.5. The molecule has 0 aliphatic heterocycles. The van der Waals surface area contributed by atoms with Crippen molar-refractivity contribution in [2.24, 2.45) is 7.05 Å². The fraction of sp³-hybridized carbons (Fsp3) is 0.462. The van der Waals surface area contributed by atoms with Gasteiger partial charge in [-0.1, -0.05) is 0 Å². The number of nitrogens with zero attached hydrogens (tertiary/aromatic N) is 3. The van der Waals surface area contributed by atoms with Crippen LogP contribution in [-0.2, 0) is 18.3 Å². The Labute approximate surface area is 121 Å². The molecule has 1 amide bonds. The molecule has 0 aliphatic rings. The molecule has 0 bridgehead atoms. The number of aromatic nitrogens is 3. The molecule has 0 aromatic carbocycles. The summed E-state index contributed by atoms with van der Waals surface area (Å²) in [6.07, 6.45) is 3.19. The summed E-state index contributed by atoms with van der Waals surface area (Å²) in [5.74, 6) is 0. The molecule has 2 heterocycles. The zero-order valence-corrected chi connectivity index (χ0v) is 12.8. The van der Waals surface area contributed by atoms with Crippen LogP contribution in [0.25, 0.3) is 10.7 Å². The van der Waals surface area contributed by atoms with E-state index in [0.29, 0.717) is 6.54 Å². The highest BCUT2D eigenvalue weighted by atomic mass is 32.1. The lowest BCUT2D eigenvalue weighted by atomic mass is 10.2. The van der Waals surface area contributed by atoms with Gasteiger partial charge < -0.3 is 10.1 Å². The molecule has 0 unspecified atom stereocenters. The number of thiazole rings is 1. The number of rotatable bonds is 3. The SMILES string of the molecule is Cn1ccc(-c2ncc(CNC(=O)OC(C)(C)C)s2)n1. The highest BCUT2D eigenvalue weighted by molar-refractivity contribution is 7.15. The average molecular weight is 294 g/mol. The van der Waals surface area contributed by atoms with E-state index in [2.05, 4.69) is 15.4 Å². The summed E-state index contributed by atoms with van der Waals surface area (Å²) < 4.78 is 6.90. The van der Waals surface area contributed by atoms with Gasteiger partial charge in [-0.2, -0.15) is 5.10 Å². The lowest BCUT2D eigenvalue weighted by Crippen LogP contribution is -2.31. The summed E-state index contributed by atoms with van der Waals surface area (Å²) in [4.78, 5) is 16.8. The molecule has 0 radical (unpaired) electrons. The number of aryl methyl sites for hydroxylation is 1. The molecule has 7 heteroatoms. The second-order valence-electron chi connectivity index (χ2n) is 5.36. The van der Waals surface area contributed by atoms with Crippen molar-refractivity contribution in [1.82, 2.24) is 20.1 Å². The molecular weight excluding hydrogens is 276 g/mol. The minimum absolute atomic E-state index is 0.402. The van der Waals surface area contributed by atoms with E-state index in [1.807, 2.05) is 40.1 Å². The van der Waals surface area contributed by atoms with Crippen molar-refractivity contribution in [1.29, 1.82) is 0 Å². The number of carbonyl (C=O) groups is 1. The highest BCUT2D eigenvalue weighted by Crippen LogP contribution is 2.23. The van der Waals surface area contributed by atoms with E-state index in [0.717, 1.165) is 15.6 Å². The summed E-state index contributed by atoms with van der Waals surface area (Å²) >= 11 is 1.50. The summed E-state index contributed by atoms with van der Waals surface area (Å²) in [6.45, 7) is 5.90. The van der Waals surface area contributed by atoms with Crippen molar-refractivity contribution in [2.45, 2.75) is 32.9 Å². The van der Waals surface area contributed by atoms with E-state index in [-0.39, 0.29) is 0 Å². The van der Waals surface area contributed by atoms with Gasteiger partial charge in [0.2, 0.25) is 0 Å². The van der Waals surface area contributed by atoms with Crippen LogP contribution in [0.4, 0.5) is 4.79 Å². The first-order chi connectivity index (χ1) is 9.33. The Bertz CT molecular complexity index is 598. The van der Waals surface area contributed by atoms with Gasteiger partial charge in [0.15, 0.2) is 0 Å². The van der Waals surface area contributed by atoms with Crippen molar-refractivity contribution >= 4 is 17.4 Å². The van der Waals surface area contributed by atoms with Crippen molar-refractivity contribution in [2.75, 3.05) is 0 Å². The Morgan fingerprint density at radius 1 is 1.50 bits per heavy atom. The van der Waals surface area contributed by atoms with Crippen molar-refractivity contribution in [3.8, 4) is 10.7 Å². The fourth-order valence-corrected chi connectivity index (χ4v) is 2.33. The maximum Gasteiger partial charge on any atom is 0.407 e. The van der Waals surface area contributed by atoms with Crippen LogP contribution in [0.1, 0.15) is 25.6 Å². The van der Waals surface area contributed by atoms with E-state index in [9.17, 15) is 4.79 Å². The summed E-state index contributed by atoms with van der Waals surface area (Å²) in [6, 6.07) is 1.91. The molecule has 2 aromatic heterocycles. The van der Waals surface area contributed by atoms with Gasteiger partial charge in [0.05, 0.1) is 6.54 Å². The monoisotopic (exact) mass is 294 g/mol. The molecular formula is C13H18N4O2S. The Morgan fingerprint density at radius 2 is 2.25 bits per heavy atom. The van der Waals surface area contributed by atoms with Crippen LogP contribution in [-0.4, -0.2) is 26.5 Å². The van der Waals surface area contributed by atoms with Crippen molar-refractivity contribution in [3.05, 3.63) is 23.3 Å². The number of hydrogen-bond donors (Lipinski definition) is 1. The van der Waals surface area contributed by atoms with E-state index < -0.39 is 11.7 Å². The predicted molar refractivity (Wildman–Crippen MR) is 77.4 cm³/mol. The molecule has 6 nitrogen and oxygen atoms in total. The Kier molecular flexibility index (Phi) is 4.08. The molecule has 0 atom stereocenters. The van der Waals surface area contributed by atoms with Crippen molar-refractivity contribution < 1.29 is 9.53 Å². The molecule has 0 saturated heterocycles. The lowest BCUT2D eigenvalue weighted by molar-refractivity contribution is 0.0524. The third-order valence-electron chi connectivity index (χ3n) is 2.29. The van der Waals surface area contributed by atoms with Gasteiger partial charge in [-0.05, 0) is 26.8 Å². The second-order valence-corrected chi connectivity index (χ2v) is 6.48. The van der Waals surface area contributed by atoms with Gasteiger partial charge >= 0.3 is 6.09 Å². The van der Waals surface area contributed by atoms with Gasteiger partial charge in [-0.3, -0.25) is 4.68 Å². The molecule has 0 fully saturated rings. The number of ether oxygens (including phenoxy) is 1. The summed E-state index contributed by atoms with van der Waals surface area (Å²) in [5, 5.41) is 7.84. The largest absolute Gasteiger partial charge is 0.444 e. The zero-order chi connectivity index (χ0) is 14.8. The van der Waals surface area contributed by atoms with Crippen LogP contribution in [0.5, 0.6) is 0 Å². The summed E-state index contributed by atoms with van der Waals surface area (Å²) in [7, 11) is 1.86. The predicted octanol–water partition coefficient (Wildman–Crippen LogP) is 2.57. The Balaban J connectivity index is 1.92. The van der Waals surface area contributed by atoms with Gasteiger partial charge in [0, 0.05) is 24.3 Å². The van der Waals surface area contributed by atoms with Gasteiger partial charge in [-0.25, -0.2) is 9.78 Å². The quantitative estimate of drug-likeness (QED) is 0.944. The topological polar surface area (TPSA) is 69.0 Å². The smallest absolute Gasteiger partial charge is 0.407 e. The number of alkyl carbamates (subject to hydrolysis) is 1. The van der Waals surface area contributed by atoms with Gasteiger partial charge in [-0.15, -0.1) is 11.3 Å². The molecule has 20 heavy (non-hydrogen) atoms. The molecule has 0 aliphatic carbocycles. The molecule has 108 valence electrons. The van der Waals surface area contributed by atoms with Gasteiger partial charge in [0.25, 0.3) is 0 Å². The third kappa shape index (κ3) is 4.06. The lowest BCUT2D eigenvalue weighted by Gasteiger charge is -2.19. The van der Waals surface area contributed by atoms with Crippen LogP contribution < -0.4 is 5.32 Å². The highest BCUT2D eigenvalue weighted by Gasteiger charge is 2.16. The maximum atomic E-state index is 11.5. The van der Waals surface area contributed by atoms with E-state index in [4.69, 9.17) is 4.74 Å². The fourth-order valence-electron chi connectivity index (χ4n) is 1.51. The number of amides is 1. The second kappa shape index (κ2) is 5.62. The zero-order valence-electron chi connectivity index (χ0n) is 12.0. The van der Waals surface area contributed by atoms with Crippen molar-refractivity contribution in [3.63, 3.8) is 0 Å². The van der Waals surface area contributed by atoms with E-state index in [1.54, 1.807) is 10.9 Å². The minimum atomic E-state index is -0.489.